The zero-order valence-corrected chi connectivity index (χ0v) is 10.1. The average molecular weight is 248 g/mol. The molecule has 1 aromatic rings. The Morgan fingerprint density at radius 1 is 1.60 bits per heavy atom. The first-order chi connectivity index (χ1) is 7.11. The first-order valence-electron chi connectivity index (χ1n) is 4.80. The van der Waals surface area contributed by atoms with Crippen LogP contribution in [0.25, 0.3) is 0 Å². The summed E-state index contributed by atoms with van der Waals surface area (Å²) < 4.78 is 0.747. The number of rotatable bonds is 6. The number of carboxylic acids is 1. The van der Waals surface area contributed by atoms with E-state index in [1.807, 2.05) is 24.0 Å². The van der Waals surface area contributed by atoms with Crippen LogP contribution < -0.4 is 0 Å². The number of aliphatic carboxylic acids is 1. The molecule has 0 unspecified atom stereocenters. The minimum absolute atomic E-state index is 0.0867. The van der Waals surface area contributed by atoms with Crippen LogP contribution in [0.4, 0.5) is 0 Å². The molecule has 0 radical (unpaired) electrons. The van der Waals surface area contributed by atoms with Gasteiger partial charge in [-0.3, -0.25) is 9.69 Å². The molecule has 1 rings (SSSR count). The minimum atomic E-state index is -0.786. The van der Waals surface area contributed by atoms with Gasteiger partial charge >= 0.3 is 5.97 Å². The van der Waals surface area contributed by atoms with Gasteiger partial charge in [0, 0.05) is 11.4 Å². The summed E-state index contributed by atoms with van der Waals surface area (Å²) in [6.07, 6.45) is 0.951. The molecule has 1 aromatic heterocycles. The van der Waals surface area contributed by atoms with E-state index >= 15 is 0 Å². The molecule has 0 aliphatic heterocycles. The summed E-state index contributed by atoms with van der Waals surface area (Å²) in [6.45, 7) is 3.58. The number of carbonyl (C=O) groups is 1. The highest BCUT2D eigenvalue weighted by atomic mass is 35.5. The maximum atomic E-state index is 10.6. The third-order valence-electron chi connectivity index (χ3n) is 1.91. The predicted molar refractivity (Wildman–Crippen MR) is 62.5 cm³/mol. The lowest BCUT2D eigenvalue weighted by molar-refractivity contribution is -0.138. The van der Waals surface area contributed by atoms with Crippen molar-refractivity contribution in [3.63, 3.8) is 0 Å². The van der Waals surface area contributed by atoms with Crippen molar-refractivity contribution in [3.05, 3.63) is 21.3 Å². The molecule has 0 fully saturated rings. The van der Waals surface area contributed by atoms with E-state index < -0.39 is 5.97 Å². The molecule has 0 saturated heterocycles. The Bertz CT molecular complexity index is 327. The van der Waals surface area contributed by atoms with E-state index in [1.54, 1.807) is 0 Å². The highest BCUT2D eigenvalue weighted by Gasteiger charge is 2.10. The lowest BCUT2D eigenvalue weighted by Gasteiger charge is -2.18. The summed E-state index contributed by atoms with van der Waals surface area (Å²) >= 11 is 7.31. The van der Waals surface area contributed by atoms with Crippen LogP contribution in [0, 0.1) is 0 Å². The maximum absolute atomic E-state index is 10.6. The summed E-state index contributed by atoms with van der Waals surface area (Å²) in [6, 6.07) is 3.78. The van der Waals surface area contributed by atoms with E-state index in [4.69, 9.17) is 16.7 Å². The Kier molecular flexibility index (Phi) is 5.08. The molecular formula is C10H14ClNO2S. The lowest BCUT2D eigenvalue weighted by Crippen LogP contribution is -2.29. The molecule has 0 aromatic carbocycles. The second-order valence-corrected chi connectivity index (χ2v) is 5.11. The standard InChI is InChI=1S/C10H14ClNO2S/c1-2-5-12(7-10(13)14)6-8-3-4-9(11)15-8/h3-4H,2,5-7H2,1H3,(H,13,14). The van der Waals surface area contributed by atoms with E-state index in [0.29, 0.717) is 6.54 Å². The van der Waals surface area contributed by atoms with Crippen LogP contribution in [0.2, 0.25) is 4.34 Å². The fourth-order valence-electron chi connectivity index (χ4n) is 1.38. The Labute approximate surface area is 98.3 Å². The van der Waals surface area contributed by atoms with Crippen LogP contribution in [0.3, 0.4) is 0 Å². The van der Waals surface area contributed by atoms with Gasteiger partial charge in [-0.05, 0) is 25.1 Å². The molecule has 1 heterocycles. The number of thiophene rings is 1. The van der Waals surface area contributed by atoms with Crippen molar-refractivity contribution in [1.82, 2.24) is 4.90 Å². The topological polar surface area (TPSA) is 40.5 Å². The number of halogens is 1. The van der Waals surface area contributed by atoms with Gasteiger partial charge < -0.3 is 5.11 Å². The lowest BCUT2D eigenvalue weighted by atomic mass is 10.3. The first-order valence-corrected chi connectivity index (χ1v) is 5.99. The van der Waals surface area contributed by atoms with Crippen LogP contribution in [0.1, 0.15) is 18.2 Å². The zero-order chi connectivity index (χ0) is 11.3. The van der Waals surface area contributed by atoms with Gasteiger partial charge in [0.2, 0.25) is 0 Å². The summed E-state index contributed by atoms with van der Waals surface area (Å²) in [5.41, 5.74) is 0. The number of nitrogens with zero attached hydrogens (tertiary/aromatic N) is 1. The molecule has 0 amide bonds. The normalized spacial score (nSPS) is 10.9. The largest absolute Gasteiger partial charge is 0.480 e. The highest BCUT2D eigenvalue weighted by Crippen LogP contribution is 2.22. The van der Waals surface area contributed by atoms with Gasteiger partial charge in [0.05, 0.1) is 10.9 Å². The van der Waals surface area contributed by atoms with Crippen molar-refractivity contribution < 1.29 is 9.90 Å². The monoisotopic (exact) mass is 247 g/mol. The fraction of sp³-hybridized carbons (Fsp3) is 0.500. The van der Waals surface area contributed by atoms with Crippen LogP contribution in [0.15, 0.2) is 12.1 Å². The third-order valence-corrected chi connectivity index (χ3v) is 3.12. The average Bonchev–Trinajstić information content (AvgIpc) is 2.50. The predicted octanol–water partition coefficient (Wildman–Crippen LogP) is 2.70. The van der Waals surface area contributed by atoms with Crippen LogP contribution in [-0.2, 0) is 11.3 Å². The van der Waals surface area contributed by atoms with Crippen molar-refractivity contribution in [2.45, 2.75) is 19.9 Å². The Hall–Kier alpha value is -0.580. The van der Waals surface area contributed by atoms with Crippen LogP contribution >= 0.6 is 22.9 Å². The van der Waals surface area contributed by atoms with Gasteiger partial charge in [-0.15, -0.1) is 11.3 Å². The molecule has 0 bridgehead atoms. The summed E-state index contributed by atoms with van der Waals surface area (Å²) in [7, 11) is 0. The van der Waals surface area contributed by atoms with Gasteiger partial charge in [-0.1, -0.05) is 18.5 Å². The van der Waals surface area contributed by atoms with Crippen LogP contribution in [0.5, 0.6) is 0 Å². The molecule has 3 nitrogen and oxygen atoms in total. The Morgan fingerprint density at radius 2 is 2.33 bits per heavy atom. The molecular weight excluding hydrogens is 234 g/mol. The van der Waals surface area contributed by atoms with Gasteiger partial charge in [-0.25, -0.2) is 0 Å². The second-order valence-electron chi connectivity index (χ2n) is 3.31. The molecule has 0 aliphatic rings. The number of hydrogen-bond donors (Lipinski definition) is 1. The van der Waals surface area contributed by atoms with Gasteiger partial charge in [0.1, 0.15) is 0 Å². The SMILES string of the molecule is CCCN(CC(=O)O)Cc1ccc(Cl)s1. The smallest absolute Gasteiger partial charge is 0.317 e. The van der Waals surface area contributed by atoms with Crippen LogP contribution in [-0.4, -0.2) is 29.1 Å². The second kappa shape index (κ2) is 6.10. The minimum Gasteiger partial charge on any atom is -0.480 e. The first kappa shape index (κ1) is 12.5. The van der Waals surface area contributed by atoms with E-state index in [1.165, 1.54) is 11.3 Å². The van der Waals surface area contributed by atoms with E-state index in [9.17, 15) is 4.79 Å². The molecule has 1 N–H and O–H groups in total. The zero-order valence-electron chi connectivity index (χ0n) is 8.57. The quantitative estimate of drug-likeness (QED) is 0.840. The third kappa shape index (κ3) is 4.64. The summed E-state index contributed by atoms with van der Waals surface area (Å²) in [5, 5.41) is 8.73. The van der Waals surface area contributed by atoms with Crippen molar-refractivity contribution >= 4 is 28.9 Å². The molecule has 5 heteroatoms. The molecule has 0 saturated carbocycles. The molecule has 0 spiro atoms. The fourth-order valence-corrected chi connectivity index (χ4v) is 2.51. The summed E-state index contributed by atoms with van der Waals surface area (Å²) in [4.78, 5) is 13.6. The Balaban J connectivity index is 2.53. The van der Waals surface area contributed by atoms with Gasteiger partial charge in [0.25, 0.3) is 0 Å². The molecule has 84 valence electrons. The van der Waals surface area contributed by atoms with Crippen molar-refractivity contribution in [2.75, 3.05) is 13.1 Å². The summed E-state index contributed by atoms with van der Waals surface area (Å²) in [5.74, 6) is -0.786. The molecule has 15 heavy (non-hydrogen) atoms. The van der Waals surface area contributed by atoms with Crippen molar-refractivity contribution in [1.29, 1.82) is 0 Å². The van der Waals surface area contributed by atoms with E-state index in [2.05, 4.69) is 0 Å². The Morgan fingerprint density at radius 3 is 2.80 bits per heavy atom. The van der Waals surface area contributed by atoms with E-state index in [-0.39, 0.29) is 6.54 Å². The van der Waals surface area contributed by atoms with Crippen molar-refractivity contribution in [3.8, 4) is 0 Å². The van der Waals surface area contributed by atoms with E-state index in [0.717, 1.165) is 22.2 Å². The van der Waals surface area contributed by atoms with Crippen molar-refractivity contribution in [2.24, 2.45) is 0 Å². The molecule has 0 atom stereocenters. The van der Waals surface area contributed by atoms with Gasteiger partial charge in [-0.2, -0.15) is 0 Å². The number of hydrogen-bond acceptors (Lipinski definition) is 3. The highest BCUT2D eigenvalue weighted by molar-refractivity contribution is 7.16. The number of carboxylic acid groups (broad SMARTS) is 1. The van der Waals surface area contributed by atoms with Gasteiger partial charge in [0.15, 0.2) is 0 Å². The maximum Gasteiger partial charge on any atom is 0.317 e. The molecule has 0 aliphatic carbocycles.